The van der Waals surface area contributed by atoms with E-state index in [0.717, 1.165) is 9.13 Å². The van der Waals surface area contributed by atoms with Gasteiger partial charge in [0.05, 0.1) is 6.04 Å². The zero-order valence-corrected chi connectivity index (χ0v) is 17.4. The molecule has 1 fully saturated rings. The number of ketones is 1. The van der Waals surface area contributed by atoms with E-state index in [0.29, 0.717) is 31.5 Å². The van der Waals surface area contributed by atoms with E-state index >= 15 is 0 Å². The summed E-state index contributed by atoms with van der Waals surface area (Å²) in [6.07, 6.45) is 1.38. The summed E-state index contributed by atoms with van der Waals surface area (Å²) in [4.78, 5) is 51.8. The molecule has 1 aromatic heterocycles. The highest BCUT2D eigenvalue weighted by molar-refractivity contribution is 6.03. The molecule has 9 heteroatoms. The van der Waals surface area contributed by atoms with Gasteiger partial charge in [-0.25, -0.2) is 4.79 Å². The number of anilines is 1. The van der Waals surface area contributed by atoms with Gasteiger partial charge in [-0.2, -0.15) is 0 Å². The Morgan fingerprint density at radius 3 is 2.27 bits per heavy atom. The van der Waals surface area contributed by atoms with Gasteiger partial charge in [0.25, 0.3) is 11.5 Å². The summed E-state index contributed by atoms with van der Waals surface area (Å²) in [5, 5.41) is 3.03. The zero-order chi connectivity index (χ0) is 22.0. The van der Waals surface area contributed by atoms with Crippen LogP contribution in [0.3, 0.4) is 0 Å². The van der Waals surface area contributed by atoms with Gasteiger partial charge in [0, 0.05) is 38.8 Å². The number of rotatable bonds is 5. The van der Waals surface area contributed by atoms with Gasteiger partial charge >= 0.3 is 5.69 Å². The minimum atomic E-state index is -0.683. The van der Waals surface area contributed by atoms with Gasteiger partial charge in [0.1, 0.15) is 11.4 Å². The minimum absolute atomic E-state index is 0.0201. The zero-order valence-electron chi connectivity index (χ0n) is 17.4. The third-order valence-electron chi connectivity index (χ3n) is 5.78. The fourth-order valence-electron chi connectivity index (χ4n) is 3.76. The summed E-state index contributed by atoms with van der Waals surface area (Å²) < 4.78 is 1.99. The predicted octanol–water partition coefficient (Wildman–Crippen LogP) is 0.132. The molecule has 2 aromatic rings. The topological polar surface area (TPSA) is 119 Å². The number of amides is 1. The molecule has 1 amide bonds. The Bertz CT molecular complexity index is 1070. The lowest BCUT2D eigenvalue weighted by atomic mass is 9.99. The third kappa shape index (κ3) is 4.06. The van der Waals surface area contributed by atoms with Crippen molar-refractivity contribution >= 4 is 17.5 Å². The van der Waals surface area contributed by atoms with Crippen molar-refractivity contribution in [3.63, 3.8) is 0 Å². The second-order valence-electron chi connectivity index (χ2n) is 7.66. The van der Waals surface area contributed by atoms with Crippen molar-refractivity contribution in [3.8, 4) is 0 Å². The second-order valence-corrected chi connectivity index (χ2v) is 7.66. The number of carbonyl (C=O) groups excluding carboxylic acids is 2. The first-order chi connectivity index (χ1) is 14.2. The Morgan fingerprint density at radius 1 is 1.07 bits per heavy atom. The molecule has 0 bridgehead atoms. The Kier molecular flexibility index (Phi) is 6.21. The summed E-state index contributed by atoms with van der Waals surface area (Å²) in [5.74, 6) is -0.639. The van der Waals surface area contributed by atoms with Gasteiger partial charge in [-0.05, 0) is 31.9 Å². The molecule has 1 aromatic carbocycles. The van der Waals surface area contributed by atoms with Crippen LogP contribution in [0.2, 0.25) is 0 Å². The molecule has 160 valence electrons. The average molecular weight is 413 g/mol. The maximum absolute atomic E-state index is 13.0. The molecule has 1 aliphatic rings. The lowest BCUT2D eigenvalue weighted by Gasteiger charge is -2.35. The molecular formula is C21H27N5O4. The van der Waals surface area contributed by atoms with Crippen molar-refractivity contribution in [2.24, 2.45) is 14.1 Å². The minimum Gasteiger partial charge on any atom is -0.384 e. The Balaban J connectivity index is 1.67. The number of aromatic nitrogens is 2. The van der Waals surface area contributed by atoms with Crippen LogP contribution in [0.1, 0.15) is 40.5 Å². The van der Waals surface area contributed by atoms with E-state index in [1.165, 1.54) is 14.1 Å². The second kappa shape index (κ2) is 8.66. The maximum Gasteiger partial charge on any atom is 0.332 e. The molecule has 1 aliphatic heterocycles. The van der Waals surface area contributed by atoms with Crippen molar-refractivity contribution in [1.82, 2.24) is 19.4 Å². The molecule has 3 N–H and O–H groups in total. The standard InChI is InChI=1S/C21H27N5O4/c1-13(17(27)16-18(22)24(2)21(30)25(3)20(16)29)26-11-9-15(10-12-26)23-19(28)14-7-5-4-6-8-14/h4-8,13,15H,9-12,22H2,1-3H3,(H,23,28)/t13-/m1/s1. The summed E-state index contributed by atoms with van der Waals surface area (Å²) in [6, 6.07) is 8.49. The number of likely N-dealkylation sites (tertiary alicyclic amines) is 1. The molecule has 3 rings (SSSR count). The van der Waals surface area contributed by atoms with Crippen molar-refractivity contribution in [2.45, 2.75) is 31.8 Å². The number of carbonyl (C=O) groups is 2. The van der Waals surface area contributed by atoms with Crippen LogP contribution < -0.4 is 22.3 Å². The van der Waals surface area contributed by atoms with Gasteiger partial charge in [0.2, 0.25) is 0 Å². The first-order valence-corrected chi connectivity index (χ1v) is 9.92. The van der Waals surface area contributed by atoms with E-state index in [-0.39, 0.29) is 23.3 Å². The summed E-state index contributed by atoms with van der Waals surface area (Å²) in [6.45, 7) is 2.92. The molecule has 0 aliphatic carbocycles. The highest BCUT2D eigenvalue weighted by Crippen LogP contribution is 2.17. The van der Waals surface area contributed by atoms with Crippen molar-refractivity contribution in [3.05, 3.63) is 62.3 Å². The van der Waals surface area contributed by atoms with Crippen LogP contribution in [-0.2, 0) is 14.1 Å². The van der Waals surface area contributed by atoms with Gasteiger partial charge in [-0.3, -0.25) is 28.4 Å². The predicted molar refractivity (Wildman–Crippen MR) is 114 cm³/mol. The number of Topliss-reactive ketones (excluding diaryl/α,β-unsaturated/α-hetero) is 1. The lowest BCUT2D eigenvalue weighted by Crippen LogP contribution is -2.51. The average Bonchev–Trinajstić information content (AvgIpc) is 2.77. The molecular weight excluding hydrogens is 386 g/mol. The monoisotopic (exact) mass is 413 g/mol. The fraction of sp³-hybridized carbons (Fsp3) is 0.429. The third-order valence-corrected chi connectivity index (χ3v) is 5.78. The summed E-state index contributed by atoms with van der Waals surface area (Å²) in [5.41, 5.74) is 5.12. The number of nitrogen functional groups attached to an aromatic ring is 1. The van der Waals surface area contributed by atoms with Gasteiger partial charge in [-0.15, -0.1) is 0 Å². The highest BCUT2D eigenvalue weighted by atomic mass is 16.2. The Hall–Kier alpha value is -3.20. The largest absolute Gasteiger partial charge is 0.384 e. The van der Waals surface area contributed by atoms with Crippen molar-refractivity contribution in [2.75, 3.05) is 18.8 Å². The molecule has 2 heterocycles. The summed E-state index contributed by atoms with van der Waals surface area (Å²) in [7, 11) is 2.76. The molecule has 1 saturated heterocycles. The Morgan fingerprint density at radius 2 is 1.67 bits per heavy atom. The van der Waals surface area contributed by atoms with Crippen molar-refractivity contribution < 1.29 is 9.59 Å². The van der Waals surface area contributed by atoms with E-state index in [1.54, 1.807) is 19.1 Å². The number of benzene rings is 1. The van der Waals surface area contributed by atoms with Crippen LogP contribution in [0.25, 0.3) is 0 Å². The number of nitrogens with two attached hydrogens (primary N) is 1. The van der Waals surface area contributed by atoms with E-state index in [1.807, 2.05) is 23.1 Å². The molecule has 1 atom stereocenters. The molecule has 0 spiro atoms. The Labute approximate surface area is 174 Å². The molecule has 0 saturated carbocycles. The molecule has 9 nitrogen and oxygen atoms in total. The van der Waals surface area contributed by atoms with Gasteiger partial charge in [-0.1, -0.05) is 18.2 Å². The van der Waals surface area contributed by atoms with Crippen LogP contribution in [0.5, 0.6) is 0 Å². The smallest absolute Gasteiger partial charge is 0.332 e. The fourth-order valence-corrected chi connectivity index (χ4v) is 3.76. The van der Waals surface area contributed by atoms with E-state index in [9.17, 15) is 19.2 Å². The van der Waals surface area contributed by atoms with E-state index < -0.39 is 23.1 Å². The van der Waals surface area contributed by atoms with Crippen molar-refractivity contribution in [1.29, 1.82) is 0 Å². The summed E-state index contributed by atoms with van der Waals surface area (Å²) >= 11 is 0. The quantitative estimate of drug-likeness (QED) is 0.673. The van der Waals surface area contributed by atoms with Crippen LogP contribution in [0.4, 0.5) is 5.82 Å². The normalized spacial score (nSPS) is 16.2. The number of hydrogen-bond donors (Lipinski definition) is 2. The van der Waals surface area contributed by atoms with Crippen LogP contribution >= 0.6 is 0 Å². The lowest BCUT2D eigenvalue weighted by molar-refractivity contribution is 0.0760. The van der Waals surface area contributed by atoms with Gasteiger partial charge < -0.3 is 11.1 Å². The first kappa shape index (κ1) is 21.5. The first-order valence-electron chi connectivity index (χ1n) is 9.92. The highest BCUT2D eigenvalue weighted by Gasteiger charge is 2.31. The van der Waals surface area contributed by atoms with Crippen LogP contribution in [0.15, 0.2) is 39.9 Å². The number of nitrogens with zero attached hydrogens (tertiary/aromatic N) is 3. The molecule has 0 unspecified atom stereocenters. The van der Waals surface area contributed by atoms with Gasteiger partial charge in [0.15, 0.2) is 5.78 Å². The number of piperidine rings is 1. The molecule has 30 heavy (non-hydrogen) atoms. The SMILES string of the molecule is C[C@H](C(=O)c1c(N)n(C)c(=O)n(C)c1=O)N1CCC(NC(=O)c2ccccc2)CC1. The number of nitrogens with one attached hydrogen (secondary N) is 1. The number of hydrogen-bond acceptors (Lipinski definition) is 6. The van der Waals surface area contributed by atoms with E-state index in [2.05, 4.69) is 5.32 Å². The maximum atomic E-state index is 13.0. The van der Waals surface area contributed by atoms with Crippen LogP contribution in [-0.4, -0.2) is 50.9 Å². The van der Waals surface area contributed by atoms with Crippen LogP contribution in [0, 0.1) is 0 Å². The van der Waals surface area contributed by atoms with E-state index in [4.69, 9.17) is 5.73 Å². The molecule has 0 radical (unpaired) electrons.